The van der Waals surface area contributed by atoms with E-state index in [0.29, 0.717) is 23.2 Å². The van der Waals surface area contributed by atoms with Crippen LogP contribution in [0, 0.1) is 0 Å². The van der Waals surface area contributed by atoms with Crippen LogP contribution in [0.4, 0.5) is 5.69 Å². The van der Waals surface area contributed by atoms with Gasteiger partial charge in [0.15, 0.2) is 0 Å². The number of carbonyl (C=O) groups is 1. The van der Waals surface area contributed by atoms with Crippen LogP contribution in [0.1, 0.15) is 31.4 Å². The van der Waals surface area contributed by atoms with Crippen molar-refractivity contribution >= 4 is 23.2 Å². The molecule has 0 spiro atoms. The second-order valence-electron chi connectivity index (χ2n) is 6.72. The van der Waals surface area contributed by atoms with Crippen molar-refractivity contribution in [1.29, 1.82) is 0 Å². The molecule has 0 heterocycles. The fourth-order valence-electron chi connectivity index (χ4n) is 3.25. The highest BCUT2D eigenvalue weighted by atomic mass is 35.5. The summed E-state index contributed by atoms with van der Waals surface area (Å²) in [4.78, 5) is 15.0. The summed E-state index contributed by atoms with van der Waals surface area (Å²) < 4.78 is 10.6. The highest BCUT2D eigenvalue weighted by Crippen LogP contribution is 2.36. The van der Waals surface area contributed by atoms with Gasteiger partial charge in [-0.3, -0.25) is 9.69 Å². The minimum absolute atomic E-state index is 0.0594. The van der Waals surface area contributed by atoms with Crippen molar-refractivity contribution < 1.29 is 14.3 Å². The van der Waals surface area contributed by atoms with Crippen LogP contribution in [-0.2, 0) is 4.79 Å². The predicted octanol–water partition coefficient (Wildman–Crippen LogP) is 4.52. The lowest BCUT2D eigenvalue weighted by atomic mass is 10.1. The smallest absolute Gasteiger partial charge is 0.238 e. The number of hydrogen-bond donors (Lipinski definition) is 1. The van der Waals surface area contributed by atoms with Crippen LogP contribution in [0.25, 0.3) is 0 Å². The zero-order valence-electron chi connectivity index (χ0n) is 15.9. The Bertz CT molecular complexity index is 808. The van der Waals surface area contributed by atoms with Gasteiger partial charge in [-0.2, -0.15) is 0 Å². The Labute approximate surface area is 165 Å². The van der Waals surface area contributed by atoms with Crippen LogP contribution in [0.5, 0.6) is 11.5 Å². The second-order valence-corrected chi connectivity index (χ2v) is 7.12. The standard InChI is InChI=1S/C21H25ClN2O3/c1-14(17-6-4-5-7-18(17)22)24(15-8-9-15)13-21(25)23-19-12-16(26-2)10-11-20(19)27-3/h4-7,10-12,14-15H,8-9,13H2,1-3H3,(H,23,25). The fraction of sp³-hybridized carbons (Fsp3) is 0.381. The number of hydrogen-bond acceptors (Lipinski definition) is 4. The summed E-state index contributed by atoms with van der Waals surface area (Å²) in [6.07, 6.45) is 2.20. The van der Waals surface area contributed by atoms with Crippen LogP contribution in [0.2, 0.25) is 5.02 Å². The number of nitrogens with zero attached hydrogens (tertiary/aromatic N) is 1. The lowest BCUT2D eigenvalue weighted by Crippen LogP contribution is -2.37. The van der Waals surface area contributed by atoms with Gasteiger partial charge in [0.1, 0.15) is 11.5 Å². The van der Waals surface area contributed by atoms with E-state index in [9.17, 15) is 4.79 Å². The van der Waals surface area contributed by atoms with Crippen molar-refractivity contribution in [3.63, 3.8) is 0 Å². The molecule has 1 N–H and O–H groups in total. The maximum Gasteiger partial charge on any atom is 0.238 e. The number of halogens is 1. The molecule has 2 aromatic rings. The van der Waals surface area contributed by atoms with E-state index in [1.165, 1.54) is 0 Å². The van der Waals surface area contributed by atoms with Gasteiger partial charge in [-0.15, -0.1) is 0 Å². The molecule has 0 aliphatic heterocycles. The lowest BCUT2D eigenvalue weighted by Gasteiger charge is -2.29. The molecule has 1 saturated carbocycles. The SMILES string of the molecule is COc1ccc(OC)c(NC(=O)CN(C2CC2)C(C)c2ccccc2Cl)c1. The highest BCUT2D eigenvalue weighted by molar-refractivity contribution is 6.31. The van der Waals surface area contributed by atoms with Crippen LogP contribution >= 0.6 is 11.6 Å². The first-order valence-corrected chi connectivity index (χ1v) is 9.43. The van der Waals surface area contributed by atoms with Crippen molar-refractivity contribution in [2.75, 3.05) is 26.1 Å². The molecule has 0 radical (unpaired) electrons. The molecule has 1 aliphatic carbocycles. The van der Waals surface area contributed by atoms with E-state index in [1.807, 2.05) is 24.3 Å². The summed E-state index contributed by atoms with van der Waals surface area (Å²) >= 11 is 6.37. The zero-order valence-corrected chi connectivity index (χ0v) is 16.6. The van der Waals surface area contributed by atoms with Gasteiger partial charge >= 0.3 is 0 Å². The third kappa shape index (κ3) is 4.73. The second kappa shape index (κ2) is 8.63. The predicted molar refractivity (Wildman–Crippen MR) is 108 cm³/mol. The number of nitrogens with one attached hydrogen (secondary N) is 1. The summed E-state index contributed by atoms with van der Waals surface area (Å²) in [5.74, 6) is 1.17. The van der Waals surface area contributed by atoms with Gasteiger partial charge in [-0.25, -0.2) is 0 Å². The van der Waals surface area contributed by atoms with Crippen LogP contribution < -0.4 is 14.8 Å². The molecule has 1 unspecified atom stereocenters. The average Bonchev–Trinajstić information content (AvgIpc) is 3.51. The molecular weight excluding hydrogens is 364 g/mol. The van der Waals surface area contributed by atoms with Gasteiger partial charge in [-0.1, -0.05) is 29.8 Å². The average molecular weight is 389 g/mol. The molecule has 3 rings (SSSR count). The molecule has 0 bridgehead atoms. The van der Waals surface area contributed by atoms with Gasteiger partial charge in [0.25, 0.3) is 0 Å². The minimum atomic E-state index is -0.0904. The maximum absolute atomic E-state index is 12.8. The molecule has 2 aromatic carbocycles. The zero-order chi connectivity index (χ0) is 19.4. The number of benzene rings is 2. The molecule has 1 atom stereocenters. The Morgan fingerprint density at radius 1 is 1.22 bits per heavy atom. The lowest BCUT2D eigenvalue weighted by molar-refractivity contribution is -0.118. The monoisotopic (exact) mass is 388 g/mol. The van der Waals surface area contributed by atoms with Crippen molar-refractivity contribution in [1.82, 2.24) is 4.90 Å². The molecule has 0 aromatic heterocycles. The minimum Gasteiger partial charge on any atom is -0.497 e. The van der Waals surface area contributed by atoms with E-state index in [2.05, 4.69) is 17.1 Å². The third-order valence-corrected chi connectivity index (χ3v) is 5.22. The van der Waals surface area contributed by atoms with E-state index >= 15 is 0 Å². The molecule has 144 valence electrons. The fourth-order valence-corrected chi connectivity index (χ4v) is 3.54. The quantitative estimate of drug-likeness (QED) is 0.722. The van der Waals surface area contributed by atoms with Crippen molar-refractivity contribution in [2.45, 2.75) is 31.8 Å². The first-order valence-electron chi connectivity index (χ1n) is 9.05. The van der Waals surface area contributed by atoms with Crippen LogP contribution in [0.15, 0.2) is 42.5 Å². The van der Waals surface area contributed by atoms with Crippen LogP contribution in [0.3, 0.4) is 0 Å². The molecule has 6 heteroatoms. The van der Waals surface area contributed by atoms with Gasteiger partial charge in [0.2, 0.25) is 5.91 Å². The van der Waals surface area contributed by atoms with Crippen molar-refractivity contribution in [3.8, 4) is 11.5 Å². The van der Waals surface area contributed by atoms with E-state index in [0.717, 1.165) is 23.4 Å². The molecule has 5 nitrogen and oxygen atoms in total. The third-order valence-electron chi connectivity index (χ3n) is 4.88. The Morgan fingerprint density at radius 2 is 1.96 bits per heavy atom. The summed E-state index contributed by atoms with van der Waals surface area (Å²) in [7, 11) is 3.17. The van der Waals surface area contributed by atoms with Gasteiger partial charge in [0, 0.05) is 23.2 Å². The first-order chi connectivity index (χ1) is 13.0. The number of carbonyl (C=O) groups excluding carboxylic acids is 1. The Morgan fingerprint density at radius 3 is 2.59 bits per heavy atom. The van der Waals surface area contributed by atoms with E-state index in [1.54, 1.807) is 32.4 Å². The Balaban J connectivity index is 1.74. The number of ether oxygens (including phenoxy) is 2. The van der Waals surface area contributed by atoms with Gasteiger partial charge < -0.3 is 14.8 Å². The molecule has 1 aliphatic rings. The molecule has 0 saturated heterocycles. The largest absolute Gasteiger partial charge is 0.497 e. The number of rotatable bonds is 8. The number of anilines is 1. The highest BCUT2D eigenvalue weighted by Gasteiger charge is 2.34. The summed E-state index contributed by atoms with van der Waals surface area (Å²) in [6, 6.07) is 13.6. The van der Waals surface area contributed by atoms with Crippen molar-refractivity contribution in [2.24, 2.45) is 0 Å². The summed E-state index contributed by atoms with van der Waals surface area (Å²) in [5.41, 5.74) is 1.64. The topological polar surface area (TPSA) is 50.8 Å². The van der Waals surface area contributed by atoms with Crippen molar-refractivity contribution in [3.05, 3.63) is 53.1 Å². The van der Waals surface area contributed by atoms with Gasteiger partial charge in [0.05, 0.1) is 26.5 Å². The van der Waals surface area contributed by atoms with Gasteiger partial charge in [-0.05, 0) is 43.5 Å². The molecule has 1 amide bonds. The number of amides is 1. The molecule has 27 heavy (non-hydrogen) atoms. The first kappa shape index (κ1) is 19.5. The Kier molecular flexibility index (Phi) is 6.24. The summed E-state index contributed by atoms with van der Waals surface area (Å²) in [6.45, 7) is 2.39. The molecule has 1 fully saturated rings. The normalized spacial score (nSPS) is 14.7. The molecular formula is C21H25ClN2O3. The van der Waals surface area contributed by atoms with Crippen LogP contribution in [-0.4, -0.2) is 37.6 Å². The van der Waals surface area contributed by atoms with E-state index in [4.69, 9.17) is 21.1 Å². The summed E-state index contributed by atoms with van der Waals surface area (Å²) in [5, 5.41) is 3.68. The van der Waals surface area contributed by atoms with E-state index < -0.39 is 0 Å². The maximum atomic E-state index is 12.8. The number of methoxy groups -OCH3 is 2. The van der Waals surface area contributed by atoms with E-state index in [-0.39, 0.29) is 18.5 Å². The Hall–Kier alpha value is -2.24.